The number of hydrogen-bond donors (Lipinski definition) is 3. The minimum absolute atomic E-state index is 0.0404. The molecule has 0 bridgehead atoms. The molecular formula is C11H18ClN5O. The SMILES string of the molecule is CC(CN(C)C)NC(=O)c1cnc(NN)c(Cl)c1. The molecule has 0 spiro atoms. The summed E-state index contributed by atoms with van der Waals surface area (Å²) in [6.45, 7) is 2.69. The Morgan fingerprint density at radius 1 is 1.61 bits per heavy atom. The van der Waals surface area contributed by atoms with Gasteiger partial charge < -0.3 is 15.6 Å². The third-order valence-corrected chi connectivity index (χ3v) is 2.54. The van der Waals surface area contributed by atoms with Gasteiger partial charge in [0, 0.05) is 18.8 Å². The Morgan fingerprint density at radius 2 is 2.28 bits per heavy atom. The monoisotopic (exact) mass is 271 g/mol. The Bertz CT molecular complexity index is 424. The van der Waals surface area contributed by atoms with Gasteiger partial charge in [-0.3, -0.25) is 4.79 Å². The number of halogens is 1. The van der Waals surface area contributed by atoms with Crippen molar-refractivity contribution < 1.29 is 4.79 Å². The molecule has 1 heterocycles. The molecule has 4 N–H and O–H groups in total. The van der Waals surface area contributed by atoms with Crippen molar-refractivity contribution >= 4 is 23.3 Å². The number of nitrogens with one attached hydrogen (secondary N) is 2. The topological polar surface area (TPSA) is 83.3 Å². The molecule has 0 aliphatic heterocycles. The fraction of sp³-hybridized carbons (Fsp3) is 0.455. The Labute approximate surface area is 111 Å². The number of carbonyl (C=O) groups is 1. The molecule has 1 rings (SSSR count). The van der Waals surface area contributed by atoms with E-state index in [0.717, 1.165) is 6.54 Å². The molecule has 6 nitrogen and oxygen atoms in total. The Kier molecular flexibility index (Phi) is 5.33. The molecule has 1 aromatic rings. The van der Waals surface area contributed by atoms with E-state index in [1.165, 1.54) is 12.3 Å². The summed E-state index contributed by atoms with van der Waals surface area (Å²) in [6.07, 6.45) is 1.43. The van der Waals surface area contributed by atoms with Gasteiger partial charge in [-0.1, -0.05) is 11.6 Å². The first-order valence-corrected chi connectivity index (χ1v) is 5.89. The number of rotatable bonds is 5. The molecule has 0 aromatic carbocycles. The van der Waals surface area contributed by atoms with Gasteiger partial charge in [0.05, 0.1) is 10.6 Å². The standard InChI is InChI=1S/C11H18ClN5O/c1-7(6-17(2)3)15-11(18)8-4-9(12)10(16-13)14-5-8/h4-5,7H,6,13H2,1-3H3,(H,14,16)(H,15,18). The minimum atomic E-state index is -0.206. The maximum absolute atomic E-state index is 11.9. The predicted octanol–water partition coefficient (Wildman–Crippen LogP) is 0.700. The number of anilines is 1. The molecule has 0 radical (unpaired) electrons. The second kappa shape index (κ2) is 6.53. The zero-order valence-corrected chi connectivity index (χ0v) is 11.5. The van der Waals surface area contributed by atoms with Crippen LogP contribution in [-0.4, -0.2) is 42.5 Å². The number of nitrogens with zero attached hydrogens (tertiary/aromatic N) is 2. The molecule has 7 heteroatoms. The molecule has 0 fully saturated rings. The van der Waals surface area contributed by atoms with Crippen molar-refractivity contribution in [2.45, 2.75) is 13.0 Å². The largest absolute Gasteiger partial charge is 0.348 e. The van der Waals surface area contributed by atoms with Crippen LogP contribution in [0.3, 0.4) is 0 Å². The number of pyridine rings is 1. The molecule has 1 aromatic heterocycles. The second-order valence-electron chi connectivity index (χ2n) is 4.34. The van der Waals surface area contributed by atoms with Gasteiger partial charge in [-0.25, -0.2) is 10.8 Å². The van der Waals surface area contributed by atoms with Gasteiger partial charge in [0.25, 0.3) is 5.91 Å². The van der Waals surface area contributed by atoms with Gasteiger partial charge in [0.1, 0.15) is 0 Å². The van der Waals surface area contributed by atoms with E-state index < -0.39 is 0 Å². The van der Waals surface area contributed by atoms with E-state index in [2.05, 4.69) is 15.7 Å². The van der Waals surface area contributed by atoms with Gasteiger partial charge >= 0.3 is 0 Å². The number of likely N-dealkylation sites (N-methyl/N-ethyl adjacent to an activating group) is 1. The van der Waals surface area contributed by atoms with Gasteiger partial charge in [-0.15, -0.1) is 0 Å². The average Bonchev–Trinajstić information content (AvgIpc) is 2.27. The summed E-state index contributed by atoms with van der Waals surface area (Å²) in [5, 5.41) is 3.17. The summed E-state index contributed by atoms with van der Waals surface area (Å²) >= 11 is 5.90. The number of aromatic nitrogens is 1. The zero-order chi connectivity index (χ0) is 13.7. The minimum Gasteiger partial charge on any atom is -0.348 e. The lowest BCUT2D eigenvalue weighted by Gasteiger charge is -2.18. The highest BCUT2D eigenvalue weighted by molar-refractivity contribution is 6.33. The van der Waals surface area contributed by atoms with Crippen molar-refractivity contribution in [3.05, 3.63) is 22.8 Å². The average molecular weight is 272 g/mol. The summed E-state index contributed by atoms with van der Waals surface area (Å²) in [4.78, 5) is 17.9. The van der Waals surface area contributed by atoms with E-state index in [1.54, 1.807) is 0 Å². The number of carbonyl (C=O) groups excluding carboxylic acids is 1. The fourth-order valence-electron chi connectivity index (χ4n) is 1.57. The number of nitrogens with two attached hydrogens (primary N) is 1. The summed E-state index contributed by atoms with van der Waals surface area (Å²) in [5.41, 5.74) is 2.75. The van der Waals surface area contributed by atoms with E-state index in [1.807, 2.05) is 25.9 Å². The van der Waals surface area contributed by atoms with Crippen LogP contribution in [0.25, 0.3) is 0 Å². The Balaban J connectivity index is 2.70. The summed E-state index contributed by atoms with van der Waals surface area (Å²) in [7, 11) is 3.89. The number of nitrogen functional groups attached to an aromatic ring is 1. The molecule has 1 amide bonds. The highest BCUT2D eigenvalue weighted by Gasteiger charge is 2.12. The normalized spacial score (nSPS) is 12.3. The van der Waals surface area contributed by atoms with Crippen molar-refractivity contribution in [2.75, 3.05) is 26.1 Å². The van der Waals surface area contributed by atoms with E-state index in [9.17, 15) is 4.79 Å². The third kappa shape index (κ3) is 4.14. The smallest absolute Gasteiger partial charge is 0.253 e. The van der Waals surface area contributed by atoms with E-state index >= 15 is 0 Å². The third-order valence-electron chi connectivity index (χ3n) is 2.26. The van der Waals surface area contributed by atoms with E-state index in [0.29, 0.717) is 16.4 Å². The van der Waals surface area contributed by atoms with Crippen LogP contribution in [0.1, 0.15) is 17.3 Å². The summed E-state index contributed by atoms with van der Waals surface area (Å²) in [6, 6.07) is 1.57. The first kappa shape index (κ1) is 14.7. The molecular weight excluding hydrogens is 254 g/mol. The Hall–Kier alpha value is -1.37. The highest BCUT2D eigenvalue weighted by Crippen LogP contribution is 2.18. The van der Waals surface area contributed by atoms with Crippen molar-refractivity contribution in [1.29, 1.82) is 0 Å². The van der Waals surface area contributed by atoms with Crippen LogP contribution in [0.15, 0.2) is 12.3 Å². The first-order valence-electron chi connectivity index (χ1n) is 5.51. The van der Waals surface area contributed by atoms with Crippen molar-refractivity contribution in [3.8, 4) is 0 Å². The molecule has 0 saturated carbocycles. The molecule has 1 atom stereocenters. The lowest BCUT2D eigenvalue weighted by atomic mass is 10.2. The van der Waals surface area contributed by atoms with Crippen LogP contribution in [0.4, 0.5) is 5.82 Å². The molecule has 0 saturated heterocycles. The quantitative estimate of drug-likeness (QED) is 0.542. The van der Waals surface area contributed by atoms with Gasteiger partial charge in [0.2, 0.25) is 0 Å². The molecule has 0 aliphatic rings. The molecule has 1 unspecified atom stereocenters. The van der Waals surface area contributed by atoms with Gasteiger partial charge in [-0.05, 0) is 27.1 Å². The van der Waals surface area contributed by atoms with E-state index in [-0.39, 0.29) is 11.9 Å². The van der Waals surface area contributed by atoms with Crippen LogP contribution in [0.5, 0.6) is 0 Å². The first-order chi connectivity index (χ1) is 8.43. The van der Waals surface area contributed by atoms with Crippen molar-refractivity contribution in [2.24, 2.45) is 5.84 Å². The van der Waals surface area contributed by atoms with Crippen molar-refractivity contribution in [1.82, 2.24) is 15.2 Å². The molecule has 0 aliphatic carbocycles. The second-order valence-corrected chi connectivity index (χ2v) is 4.74. The van der Waals surface area contributed by atoms with Crippen LogP contribution < -0.4 is 16.6 Å². The maximum Gasteiger partial charge on any atom is 0.253 e. The lowest BCUT2D eigenvalue weighted by molar-refractivity contribution is 0.0934. The Morgan fingerprint density at radius 3 is 2.78 bits per heavy atom. The maximum atomic E-state index is 11.9. The van der Waals surface area contributed by atoms with Crippen LogP contribution in [0, 0.1) is 0 Å². The fourth-order valence-corrected chi connectivity index (χ4v) is 1.79. The number of hydrogen-bond acceptors (Lipinski definition) is 5. The van der Waals surface area contributed by atoms with Crippen LogP contribution in [0.2, 0.25) is 5.02 Å². The number of hydrazine groups is 1. The summed E-state index contributed by atoms with van der Waals surface area (Å²) < 4.78 is 0. The molecule has 18 heavy (non-hydrogen) atoms. The number of amides is 1. The van der Waals surface area contributed by atoms with Gasteiger partial charge in [0.15, 0.2) is 5.82 Å². The van der Waals surface area contributed by atoms with Crippen LogP contribution in [-0.2, 0) is 0 Å². The van der Waals surface area contributed by atoms with Crippen LogP contribution >= 0.6 is 11.6 Å². The van der Waals surface area contributed by atoms with Crippen molar-refractivity contribution in [3.63, 3.8) is 0 Å². The summed E-state index contributed by atoms with van der Waals surface area (Å²) in [5.74, 6) is 5.35. The lowest BCUT2D eigenvalue weighted by Crippen LogP contribution is -2.39. The van der Waals surface area contributed by atoms with E-state index in [4.69, 9.17) is 17.4 Å². The predicted molar refractivity (Wildman–Crippen MR) is 72.5 cm³/mol. The highest BCUT2D eigenvalue weighted by atomic mass is 35.5. The van der Waals surface area contributed by atoms with Gasteiger partial charge in [-0.2, -0.15) is 0 Å². The zero-order valence-electron chi connectivity index (χ0n) is 10.7. The molecule has 100 valence electrons.